The van der Waals surface area contributed by atoms with E-state index < -0.39 is 36.7 Å². The second kappa shape index (κ2) is 5.74. The molecule has 0 aliphatic carbocycles. The number of rotatable bonds is 4. The van der Waals surface area contributed by atoms with Gasteiger partial charge in [-0.25, -0.2) is 4.79 Å². The quantitative estimate of drug-likeness (QED) is 0.585. The van der Waals surface area contributed by atoms with Crippen LogP contribution in [-0.4, -0.2) is 65.2 Å². The molecular weight excluding hydrogens is 232 g/mol. The van der Waals surface area contributed by atoms with Crippen LogP contribution < -0.4 is 0 Å². The highest BCUT2D eigenvalue weighted by molar-refractivity contribution is 5.73. The number of carboxylic acid groups (broad SMARTS) is 1. The number of methoxy groups -OCH3 is 1. The van der Waals surface area contributed by atoms with Crippen molar-refractivity contribution in [1.82, 2.24) is 0 Å². The number of aliphatic carboxylic acids is 1. The minimum absolute atomic E-state index is 0.268. The molecule has 0 spiro atoms. The van der Waals surface area contributed by atoms with Crippen molar-refractivity contribution < 1.29 is 34.3 Å². The van der Waals surface area contributed by atoms with Crippen molar-refractivity contribution in [3.05, 3.63) is 0 Å². The molecule has 7 nitrogen and oxygen atoms in total. The van der Waals surface area contributed by atoms with Gasteiger partial charge in [0.05, 0.1) is 6.10 Å². The molecule has 1 fully saturated rings. The van der Waals surface area contributed by atoms with Crippen molar-refractivity contribution in [2.75, 3.05) is 7.11 Å². The zero-order valence-electron chi connectivity index (χ0n) is 9.94. The average Bonchev–Trinajstić information content (AvgIpc) is 2.23. The fourth-order valence-corrected chi connectivity index (χ4v) is 1.68. The molecule has 7 heteroatoms. The normalized spacial score (nSPS) is 38.4. The predicted molar refractivity (Wildman–Crippen MR) is 55.3 cm³/mol. The molecule has 0 aromatic heterocycles. The van der Waals surface area contributed by atoms with E-state index in [0.29, 0.717) is 0 Å². The average molecular weight is 250 g/mol. The minimum Gasteiger partial charge on any atom is -0.479 e. The van der Waals surface area contributed by atoms with Gasteiger partial charge < -0.3 is 29.5 Å². The van der Waals surface area contributed by atoms with Gasteiger partial charge in [-0.2, -0.15) is 0 Å². The molecule has 0 radical (unpaired) electrons. The van der Waals surface area contributed by atoms with E-state index in [1.807, 2.05) is 0 Å². The van der Waals surface area contributed by atoms with Crippen LogP contribution in [0.1, 0.15) is 13.8 Å². The lowest BCUT2D eigenvalue weighted by atomic mass is 9.98. The summed E-state index contributed by atoms with van der Waals surface area (Å²) in [7, 11) is 1.24. The van der Waals surface area contributed by atoms with E-state index in [-0.39, 0.29) is 6.10 Å². The molecule has 0 saturated carbocycles. The lowest BCUT2D eigenvalue weighted by Gasteiger charge is -2.40. The maximum absolute atomic E-state index is 11.0. The van der Waals surface area contributed by atoms with E-state index in [2.05, 4.69) is 0 Å². The second-order valence-electron chi connectivity index (χ2n) is 4.13. The Labute approximate surface area is 98.9 Å². The van der Waals surface area contributed by atoms with Gasteiger partial charge in [-0.3, -0.25) is 0 Å². The number of hydrogen-bond donors (Lipinski definition) is 3. The molecule has 1 heterocycles. The highest BCUT2D eigenvalue weighted by atomic mass is 16.7. The van der Waals surface area contributed by atoms with Gasteiger partial charge in [-0.15, -0.1) is 0 Å². The maximum atomic E-state index is 11.0. The second-order valence-corrected chi connectivity index (χ2v) is 4.13. The minimum atomic E-state index is -1.38. The van der Waals surface area contributed by atoms with Gasteiger partial charge in [0.25, 0.3) is 0 Å². The Morgan fingerprint density at radius 1 is 1.29 bits per heavy atom. The van der Waals surface area contributed by atoms with Crippen LogP contribution >= 0.6 is 0 Å². The molecule has 3 N–H and O–H groups in total. The van der Waals surface area contributed by atoms with E-state index in [9.17, 15) is 15.0 Å². The Morgan fingerprint density at radius 2 is 1.88 bits per heavy atom. The third kappa shape index (κ3) is 3.14. The summed E-state index contributed by atoms with van der Waals surface area (Å²) in [6.07, 6.45) is -6.68. The van der Waals surface area contributed by atoms with Crippen molar-refractivity contribution >= 4 is 5.97 Å². The molecule has 1 rings (SSSR count). The Hall–Kier alpha value is -0.730. The molecule has 100 valence electrons. The van der Waals surface area contributed by atoms with Gasteiger partial charge in [-0.1, -0.05) is 0 Å². The summed E-state index contributed by atoms with van der Waals surface area (Å²) < 4.78 is 15.1. The zero-order chi connectivity index (χ0) is 13.2. The van der Waals surface area contributed by atoms with Crippen molar-refractivity contribution in [2.45, 2.75) is 50.7 Å². The van der Waals surface area contributed by atoms with Crippen LogP contribution in [0.4, 0.5) is 0 Å². The van der Waals surface area contributed by atoms with Gasteiger partial charge in [0.1, 0.15) is 18.3 Å². The summed E-state index contributed by atoms with van der Waals surface area (Å²) in [5.41, 5.74) is 0. The molecule has 5 atom stereocenters. The summed E-state index contributed by atoms with van der Waals surface area (Å²) in [4.78, 5) is 11.0. The van der Waals surface area contributed by atoms with Crippen LogP contribution in [0.3, 0.4) is 0 Å². The first kappa shape index (κ1) is 14.3. The largest absolute Gasteiger partial charge is 0.479 e. The van der Waals surface area contributed by atoms with E-state index in [0.717, 1.165) is 0 Å². The number of ether oxygens (including phenoxy) is 3. The van der Waals surface area contributed by atoms with Crippen LogP contribution in [0.15, 0.2) is 0 Å². The van der Waals surface area contributed by atoms with Crippen LogP contribution in [-0.2, 0) is 19.0 Å². The van der Waals surface area contributed by atoms with Gasteiger partial charge in [0.15, 0.2) is 12.4 Å². The predicted octanol–water partition coefficient (Wildman–Crippen LogP) is -1.04. The Morgan fingerprint density at radius 3 is 2.29 bits per heavy atom. The number of hydrogen-bond acceptors (Lipinski definition) is 6. The van der Waals surface area contributed by atoms with Crippen molar-refractivity contribution in [3.8, 4) is 0 Å². The standard InChI is InChI=1S/C10H18O7/c1-4(2)16-10-6(12)5(11)7(15-3)8(17-10)9(13)14/h4-8,10-12H,1-3H3,(H,13,14)/t5-,6+,7+,8?,10-/m1/s1. The number of carboxylic acids is 1. The highest BCUT2D eigenvalue weighted by Gasteiger charge is 2.48. The highest BCUT2D eigenvalue weighted by Crippen LogP contribution is 2.24. The van der Waals surface area contributed by atoms with Crippen LogP contribution in [0.5, 0.6) is 0 Å². The van der Waals surface area contributed by atoms with E-state index in [1.165, 1.54) is 7.11 Å². The third-order valence-corrected chi connectivity index (χ3v) is 2.47. The van der Waals surface area contributed by atoms with E-state index >= 15 is 0 Å². The summed E-state index contributed by atoms with van der Waals surface area (Å²) in [6.45, 7) is 3.42. The number of carbonyl (C=O) groups is 1. The zero-order valence-corrected chi connectivity index (χ0v) is 9.94. The molecular formula is C10H18O7. The summed E-state index contributed by atoms with van der Waals surface area (Å²) in [5.74, 6) is -1.28. The smallest absolute Gasteiger partial charge is 0.335 e. The Bertz CT molecular complexity index is 267. The topological polar surface area (TPSA) is 105 Å². The number of aliphatic hydroxyl groups excluding tert-OH is 2. The molecule has 0 amide bonds. The molecule has 1 saturated heterocycles. The summed E-state index contributed by atoms with van der Waals surface area (Å²) in [6, 6.07) is 0. The lowest BCUT2D eigenvalue weighted by Crippen LogP contribution is -2.61. The first-order valence-electron chi connectivity index (χ1n) is 5.31. The monoisotopic (exact) mass is 250 g/mol. The molecule has 0 aromatic carbocycles. The third-order valence-electron chi connectivity index (χ3n) is 2.47. The lowest BCUT2D eigenvalue weighted by molar-refractivity contribution is -0.304. The van der Waals surface area contributed by atoms with Crippen LogP contribution in [0.25, 0.3) is 0 Å². The molecule has 0 aromatic rings. The first-order valence-corrected chi connectivity index (χ1v) is 5.31. The van der Waals surface area contributed by atoms with Gasteiger partial charge in [0.2, 0.25) is 0 Å². The van der Waals surface area contributed by atoms with Crippen LogP contribution in [0, 0.1) is 0 Å². The molecule has 0 bridgehead atoms. The molecule has 1 unspecified atom stereocenters. The maximum Gasteiger partial charge on any atom is 0.335 e. The Balaban J connectivity index is 2.82. The fraction of sp³-hybridized carbons (Fsp3) is 0.900. The molecule has 1 aliphatic heterocycles. The van der Waals surface area contributed by atoms with Crippen LogP contribution in [0.2, 0.25) is 0 Å². The van der Waals surface area contributed by atoms with Crippen molar-refractivity contribution in [2.24, 2.45) is 0 Å². The molecule has 17 heavy (non-hydrogen) atoms. The van der Waals surface area contributed by atoms with Gasteiger partial charge >= 0.3 is 5.97 Å². The SMILES string of the molecule is CO[C@@H]1C(C(=O)O)O[C@@H](OC(C)C)[C@@H](O)[C@H]1O. The summed E-state index contributed by atoms with van der Waals surface area (Å²) >= 11 is 0. The fourth-order valence-electron chi connectivity index (χ4n) is 1.68. The van der Waals surface area contributed by atoms with E-state index in [1.54, 1.807) is 13.8 Å². The molecule has 1 aliphatic rings. The first-order chi connectivity index (χ1) is 7.88. The Kier molecular flexibility index (Phi) is 4.84. The van der Waals surface area contributed by atoms with E-state index in [4.69, 9.17) is 19.3 Å². The van der Waals surface area contributed by atoms with Gasteiger partial charge in [0, 0.05) is 7.11 Å². The van der Waals surface area contributed by atoms with Crippen molar-refractivity contribution in [3.63, 3.8) is 0 Å². The van der Waals surface area contributed by atoms with Crippen molar-refractivity contribution in [1.29, 1.82) is 0 Å². The summed E-state index contributed by atoms with van der Waals surface area (Å²) in [5, 5.41) is 28.4. The number of aliphatic hydroxyl groups is 2. The van der Waals surface area contributed by atoms with Gasteiger partial charge in [-0.05, 0) is 13.8 Å².